The van der Waals surface area contributed by atoms with Crippen molar-refractivity contribution < 1.29 is 9.59 Å². The van der Waals surface area contributed by atoms with Crippen molar-refractivity contribution in [1.29, 1.82) is 0 Å². The third-order valence-corrected chi connectivity index (χ3v) is 5.04. The number of hydrogen-bond donors (Lipinski definition) is 0. The zero-order valence-corrected chi connectivity index (χ0v) is 15.2. The van der Waals surface area contributed by atoms with Gasteiger partial charge in [-0.25, -0.2) is 4.90 Å². The number of nitrogens with zero attached hydrogens (tertiary/aromatic N) is 1. The summed E-state index contributed by atoms with van der Waals surface area (Å²) in [6.07, 6.45) is 0. The molecule has 128 valence electrons. The molecule has 1 heterocycles. The van der Waals surface area contributed by atoms with Crippen LogP contribution >= 0.6 is 11.6 Å². The van der Waals surface area contributed by atoms with E-state index in [0.29, 0.717) is 11.3 Å². The molecule has 0 fully saturated rings. The van der Waals surface area contributed by atoms with Gasteiger partial charge in [0.05, 0.1) is 11.3 Å². The number of hydrogen-bond acceptors (Lipinski definition) is 2. The summed E-state index contributed by atoms with van der Waals surface area (Å²) < 4.78 is 0. The summed E-state index contributed by atoms with van der Waals surface area (Å²) in [6, 6.07) is 18.9. The van der Waals surface area contributed by atoms with Gasteiger partial charge in [-0.05, 0) is 36.4 Å². The summed E-state index contributed by atoms with van der Waals surface area (Å²) in [5.74, 6) is -0.869. The van der Waals surface area contributed by atoms with Crippen LogP contribution < -0.4 is 4.90 Å². The van der Waals surface area contributed by atoms with Gasteiger partial charge in [-0.15, -0.1) is 0 Å². The Morgan fingerprint density at radius 2 is 1.58 bits per heavy atom. The number of aryl methyl sites for hydroxylation is 2. The van der Waals surface area contributed by atoms with E-state index in [4.69, 9.17) is 11.6 Å². The Morgan fingerprint density at radius 1 is 0.846 bits per heavy atom. The van der Waals surface area contributed by atoms with Crippen molar-refractivity contribution in [2.75, 3.05) is 4.90 Å². The lowest BCUT2D eigenvalue weighted by molar-refractivity contribution is -0.119. The zero-order valence-electron chi connectivity index (χ0n) is 14.4. The van der Waals surface area contributed by atoms with Crippen molar-refractivity contribution in [3.8, 4) is 0 Å². The molecule has 3 nitrogen and oxygen atoms in total. The van der Waals surface area contributed by atoms with E-state index in [1.54, 1.807) is 6.07 Å². The van der Waals surface area contributed by atoms with Gasteiger partial charge in [0, 0.05) is 5.39 Å². The van der Waals surface area contributed by atoms with E-state index in [-0.39, 0.29) is 16.5 Å². The topological polar surface area (TPSA) is 37.4 Å². The Morgan fingerprint density at radius 3 is 2.35 bits per heavy atom. The number of amides is 2. The van der Waals surface area contributed by atoms with Crippen LogP contribution in [-0.2, 0) is 9.59 Å². The van der Waals surface area contributed by atoms with E-state index < -0.39 is 5.91 Å². The van der Waals surface area contributed by atoms with Crippen molar-refractivity contribution in [1.82, 2.24) is 0 Å². The molecule has 3 aromatic carbocycles. The average molecular weight is 362 g/mol. The van der Waals surface area contributed by atoms with Gasteiger partial charge >= 0.3 is 0 Å². The van der Waals surface area contributed by atoms with Crippen LogP contribution in [0.3, 0.4) is 0 Å². The molecule has 0 atom stereocenters. The van der Waals surface area contributed by atoms with Crippen LogP contribution in [0.5, 0.6) is 0 Å². The quantitative estimate of drug-likeness (QED) is 0.604. The molecule has 0 radical (unpaired) electrons. The smallest absolute Gasteiger partial charge is 0.268 e. The van der Waals surface area contributed by atoms with Crippen LogP contribution in [0.25, 0.3) is 16.3 Å². The molecule has 0 aliphatic carbocycles. The van der Waals surface area contributed by atoms with E-state index in [1.807, 2.05) is 68.4 Å². The fourth-order valence-electron chi connectivity index (χ4n) is 3.45. The highest BCUT2D eigenvalue weighted by Gasteiger charge is 2.40. The van der Waals surface area contributed by atoms with Gasteiger partial charge < -0.3 is 0 Å². The summed E-state index contributed by atoms with van der Waals surface area (Å²) in [5.41, 5.74) is 3.52. The largest absolute Gasteiger partial charge is 0.277 e. The molecule has 1 aliphatic heterocycles. The molecule has 0 aromatic heterocycles. The minimum Gasteiger partial charge on any atom is -0.268 e. The average Bonchev–Trinajstić information content (AvgIpc) is 2.84. The number of fused-ring (bicyclic) bond motifs is 1. The van der Waals surface area contributed by atoms with Gasteiger partial charge in [-0.1, -0.05) is 71.8 Å². The van der Waals surface area contributed by atoms with Crippen LogP contribution in [0.4, 0.5) is 5.69 Å². The molecule has 3 aromatic rings. The maximum absolute atomic E-state index is 13.2. The van der Waals surface area contributed by atoms with Gasteiger partial charge in [0.2, 0.25) is 0 Å². The monoisotopic (exact) mass is 361 g/mol. The van der Waals surface area contributed by atoms with Crippen LogP contribution in [-0.4, -0.2) is 11.8 Å². The normalized spacial score (nSPS) is 14.7. The Hall–Kier alpha value is -2.91. The molecular formula is C22H16ClNO2. The maximum Gasteiger partial charge on any atom is 0.277 e. The molecular weight excluding hydrogens is 346 g/mol. The van der Waals surface area contributed by atoms with Crippen LogP contribution in [0.15, 0.2) is 65.7 Å². The van der Waals surface area contributed by atoms with Crippen LogP contribution in [0.1, 0.15) is 16.7 Å². The molecule has 2 amide bonds. The van der Waals surface area contributed by atoms with E-state index in [2.05, 4.69) is 0 Å². The molecule has 4 rings (SSSR count). The van der Waals surface area contributed by atoms with Gasteiger partial charge in [-0.3, -0.25) is 9.59 Å². The second-order valence-corrected chi connectivity index (χ2v) is 6.83. The number of carbonyl (C=O) groups is 2. The first-order chi connectivity index (χ1) is 12.5. The number of benzene rings is 3. The Bertz CT molecular complexity index is 1110. The summed E-state index contributed by atoms with van der Waals surface area (Å²) in [6.45, 7) is 3.90. The third-order valence-electron chi connectivity index (χ3n) is 4.69. The molecule has 0 bridgehead atoms. The van der Waals surface area contributed by atoms with Crippen LogP contribution in [0.2, 0.25) is 0 Å². The third kappa shape index (κ3) is 2.44. The van der Waals surface area contributed by atoms with Crippen molar-refractivity contribution in [2.24, 2.45) is 0 Å². The van der Waals surface area contributed by atoms with E-state index >= 15 is 0 Å². The minimum absolute atomic E-state index is 0.0325. The number of carbonyl (C=O) groups excluding carboxylic acids is 2. The maximum atomic E-state index is 13.2. The lowest BCUT2D eigenvalue weighted by Gasteiger charge is -2.17. The van der Waals surface area contributed by atoms with Crippen molar-refractivity contribution in [3.05, 3.63) is 82.4 Å². The molecule has 0 saturated carbocycles. The molecule has 26 heavy (non-hydrogen) atoms. The standard InChI is InChI=1S/C22H16ClNO2/c1-13-10-11-16(14(2)12-13)19-20(23)22(26)24(21(19)25)18-9-5-7-15-6-3-4-8-17(15)18/h3-12H,1-2H3. The first-order valence-electron chi connectivity index (χ1n) is 8.33. The number of halogens is 1. The van der Waals surface area contributed by atoms with Gasteiger partial charge in [0.15, 0.2) is 0 Å². The molecule has 0 unspecified atom stereocenters. The van der Waals surface area contributed by atoms with Gasteiger partial charge in [0.25, 0.3) is 11.8 Å². The molecule has 0 spiro atoms. The minimum atomic E-state index is -0.483. The van der Waals surface area contributed by atoms with Crippen molar-refractivity contribution in [2.45, 2.75) is 13.8 Å². The highest BCUT2D eigenvalue weighted by molar-refractivity contribution is 6.60. The Balaban J connectivity index is 1.87. The van der Waals surface area contributed by atoms with Gasteiger partial charge in [-0.2, -0.15) is 0 Å². The van der Waals surface area contributed by atoms with Crippen LogP contribution in [0, 0.1) is 13.8 Å². The molecule has 0 N–H and O–H groups in total. The number of imide groups is 1. The summed E-state index contributed by atoms with van der Waals surface area (Å²) >= 11 is 6.33. The Labute approximate surface area is 156 Å². The molecule has 4 heteroatoms. The van der Waals surface area contributed by atoms with E-state index in [9.17, 15) is 9.59 Å². The Kier molecular flexibility index (Phi) is 3.89. The number of rotatable bonds is 2. The fraction of sp³-hybridized carbons (Fsp3) is 0.0909. The highest BCUT2D eigenvalue weighted by Crippen LogP contribution is 2.38. The SMILES string of the molecule is Cc1ccc(C2=C(Cl)C(=O)N(c3cccc4ccccc34)C2=O)c(C)c1. The second-order valence-electron chi connectivity index (χ2n) is 6.45. The first-order valence-corrected chi connectivity index (χ1v) is 8.71. The number of anilines is 1. The van der Waals surface area contributed by atoms with E-state index in [1.165, 1.54) is 4.90 Å². The summed E-state index contributed by atoms with van der Waals surface area (Å²) in [5, 5.41) is 1.76. The summed E-state index contributed by atoms with van der Waals surface area (Å²) in [7, 11) is 0. The lowest BCUT2D eigenvalue weighted by atomic mass is 9.98. The predicted octanol–water partition coefficient (Wildman–Crippen LogP) is 4.98. The predicted molar refractivity (Wildman–Crippen MR) is 105 cm³/mol. The molecule has 0 saturated heterocycles. The highest BCUT2D eigenvalue weighted by atomic mass is 35.5. The fourth-order valence-corrected chi connectivity index (χ4v) is 3.72. The lowest BCUT2D eigenvalue weighted by Crippen LogP contribution is -2.31. The van der Waals surface area contributed by atoms with Crippen molar-refractivity contribution in [3.63, 3.8) is 0 Å². The zero-order chi connectivity index (χ0) is 18.4. The second kappa shape index (κ2) is 6.11. The van der Waals surface area contributed by atoms with Gasteiger partial charge in [0.1, 0.15) is 5.03 Å². The summed E-state index contributed by atoms with van der Waals surface area (Å²) in [4.78, 5) is 27.2. The first kappa shape index (κ1) is 16.6. The van der Waals surface area contributed by atoms with E-state index in [0.717, 1.165) is 21.9 Å². The molecule has 1 aliphatic rings. The van der Waals surface area contributed by atoms with Crippen molar-refractivity contribution >= 4 is 45.4 Å².